The van der Waals surface area contributed by atoms with E-state index in [1.807, 2.05) is 6.07 Å². The van der Waals surface area contributed by atoms with Gasteiger partial charge >= 0.3 is 0 Å². The lowest BCUT2D eigenvalue weighted by Gasteiger charge is -2.33. The van der Waals surface area contributed by atoms with Crippen LogP contribution in [0, 0.1) is 0 Å². The smallest absolute Gasteiger partial charge is 0.227 e. The number of benzene rings is 1. The van der Waals surface area contributed by atoms with Gasteiger partial charge in [-0.05, 0) is 56.5 Å². The second kappa shape index (κ2) is 6.16. The van der Waals surface area contributed by atoms with E-state index >= 15 is 0 Å². The monoisotopic (exact) mass is 314 g/mol. The molecule has 0 bridgehead atoms. The van der Waals surface area contributed by atoms with Gasteiger partial charge in [-0.25, -0.2) is 0 Å². The van der Waals surface area contributed by atoms with Crippen molar-refractivity contribution in [2.45, 2.75) is 50.6 Å². The normalized spacial score (nSPS) is 27.3. The van der Waals surface area contributed by atoms with Gasteiger partial charge in [0.25, 0.3) is 0 Å². The summed E-state index contributed by atoms with van der Waals surface area (Å²) in [5.74, 6) is 1.29. The van der Waals surface area contributed by atoms with Crippen LogP contribution in [-0.4, -0.2) is 54.5 Å². The summed E-state index contributed by atoms with van der Waals surface area (Å²) >= 11 is 0. The molecule has 3 aliphatic heterocycles. The number of hydrogen-bond acceptors (Lipinski definition) is 3. The maximum Gasteiger partial charge on any atom is 0.227 e. The summed E-state index contributed by atoms with van der Waals surface area (Å²) in [6.07, 6.45) is 6.32. The standard InChI is InChI=1S/C19H26N2O2/c1-20-9-2-4-16(20)17-5-3-10-21(17)19(22)13-14-6-7-18-15(12-14)8-11-23-18/h6-7,12,16-17H,2-5,8-11,13H2,1H3/t16-,17-/m0/s1. The molecular formula is C19H26N2O2. The van der Waals surface area contributed by atoms with Crippen molar-refractivity contribution in [3.63, 3.8) is 0 Å². The van der Waals surface area contributed by atoms with Crippen molar-refractivity contribution in [2.75, 3.05) is 26.7 Å². The second-order valence-electron chi connectivity index (χ2n) is 7.20. The number of fused-ring (bicyclic) bond motifs is 1. The van der Waals surface area contributed by atoms with Gasteiger partial charge in [-0.1, -0.05) is 12.1 Å². The van der Waals surface area contributed by atoms with Crippen LogP contribution in [0.15, 0.2) is 18.2 Å². The fourth-order valence-corrected chi connectivity index (χ4v) is 4.55. The lowest BCUT2D eigenvalue weighted by molar-refractivity contribution is -0.132. The summed E-state index contributed by atoms with van der Waals surface area (Å²) in [7, 11) is 2.21. The van der Waals surface area contributed by atoms with Gasteiger partial charge in [0.2, 0.25) is 5.91 Å². The van der Waals surface area contributed by atoms with E-state index in [1.54, 1.807) is 0 Å². The molecule has 0 saturated carbocycles. The first kappa shape index (κ1) is 15.0. The zero-order valence-electron chi connectivity index (χ0n) is 14.0. The highest BCUT2D eigenvalue weighted by molar-refractivity contribution is 5.79. The fourth-order valence-electron chi connectivity index (χ4n) is 4.55. The van der Waals surface area contributed by atoms with Crippen molar-refractivity contribution in [1.29, 1.82) is 0 Å². The molecular weight excluding hydrogens is 288 g/mol. The summed E-state index contributed by atoms with van der Waals surface area (Å²) in [5, 5.41) is 0. The molecule has 1 aromatic rings. The number of carbonyl (C=O) groups excluding carboxylic acids is 1. The molecule has 1 amide bonds. The van der Waals surface area contributed by atoms with E-state index in [9.17, 15) is 4.79 Å². The Morgan fingerprint density at radius 1 is 1.22 bits per heavy atom. The third kappa shape index (κ3) is 2.85. The molecule has 0 N–H and O–H groups in total. The Kier molecular flexibility index (Phi) is 4.02. The highest BCUT2D eigenvalue weighted by atomic mass is 16.5. The first-order valence-electron chi connectivity index (χ1n) is 8.97. The summed E-state index contributed by atoms with van der Waals surface area (Å²) < 4.78 is 5.55. The van der Waals surface area contributed by atoms with E-state index in [-0.39, 0.29) is 0 Å². The molecule has 0 radical (unpaired) electrons. The van der Waals surface area contributed by atoms with E-state index in [0.717, 1.165) is 37.3 Å². The quantitative estimate of drug-likeness (QED) is 0.858. The molecule has 124 valence electrons. The van der Waals surface area contributed by atoms with E-state index < -0.39 is 0 Å². The van der Waals surface area contributed by atoms with Crippen LogP contribution in [0.2, 0.25) is 0 Å². The molecule has 1 aromatic carbocycles. The maximum atomic E-state index is 12.9. The minimum absolute atomic E-state index is 0.298. The zero-order valence-corrected chi connectivity index (χ0v) is 14.0. The minimum atomic E-state index is 0.298. The number of likely N-dealkylation sites (tertiary alicyclic amines) is 2. The van der Waals surface area contributed by atoms with Gasteiger partial charge in [0.05, 0.1) is 13.0 Å². The summed E-state index contributed by atoms with van der Waals surface area (Å²) in [6.45, 7) is 2.88. The van der Waals surface area contributed by atoms with Crippen LogP contribution in [0.1, 0.15) is 36.8 Å². The van der Waals surface area contributed by atoms with E-state index in [1.165, 1.54) is 31.4 Å². The van der Waals surface area contributed by atoms with Crippen molar-refractivity contribution in [3.05, 3.63) is 29.3 Å². The molecule has 0 aliphatic carbocycles. The van der Waals surface area contributed by atoms with Gasteiger partial charge in [-0.2, -0.15) is 0 Å². The largest absolute Gasteiger partial charge is 0.493 e. The van der Waals surface area contributed by atoms with Crippen LogP contribution in [-0.2, 0) is 17.6 Å². The van der Waals surface area contributed by atoms with Crippen LogP contribution in [0.4, 0.5) is 0 Å². The predicted octanol–water partition coefficient (Wildman–Crippen LogP) is 2.25. The van der Waals surface area contributed by atoms with Gasteiger partial charge in [-0.15, -0.1) is 0 Å². The van der Waals surface area contributed by atoms with E-state index in [0.29, 0.717) is 24.4 Å². The third-order valence-electron chi connectivity index (χ3n) is 5.75. The van der Waals surface area contributed by atoms with Crippen molar-refractivity contribution >= 4 is 5.91 Å². The molecule has 4 rings (SSSR count). The highest BCUT2D eigenvalue weighted by Gasteiger charge is 2.38. The number of nitrogens with zero attached hydrogens (tertiary/aromatic N) is 2. The van der Waals surface area contributed by atoms with E-state index in [2.05, 4.69) is 29.0 Å². The maximum absolute atomic E-state index is 12.9. The Morgan fingerprint density at radius 2 is 2.04 bits per heavy atom. The van der Waals surface area contributed by atoms with Gasteiger partial charge in [0.1, 0.15) is 5.75 Å². The molecule has 0 unspecified atom stereocenters. The van der Waals surface area contributed by atoms with Gasteiger partial charge in [0, 0.05) is 25.0 Å². The van der Waals surface area contributed by atoms with Crippen LogP contribution < -0.4 is 4.74 Å². The SMILES string of the molecule is CN1CCC[C@H]1[C@@H]1CCCN1C(=O)Cc1ccc2c(c1)CCO2. The van der Waals surface area contributed by atoms with Gasteiger partial charge < -0.3 is 14.5 Å². The number of ether oxygens (including phenoxy) is 1. The second-order valence-corrected chi connectivity index (χ2v) is 7.20. The van der Waals surface area contributed by atoms with Crippen LogP contribution in [0.5, 0.6) is 5.75 Å². The van der Waals surface area contributed by atoms with Crippen LogP contribution in [0.3, 0.4) is 0 Å². The molecule has 0 spiro atoms. The number of carbonyl (C=O) groups is 1. The topological polar surface area (TPSA) is 32.8 Å². The Morgan fingerprint density at radius 3 is 2.87 bits per heavy atom. The lowest BCUT2D eigenvalue weighted by atomic mass is 10.0. The predicted molar refractivity (Wildman–Crippen MR) is 89.7 cm³/mol. The van der Waals surface area contributed by atoms with Gasteiger partial charge in [-0.3, -0.25) is 4.79 Å². The van der Waals surface area contributed by atoms with E-state index in [4.69, 9.17) is 4.74 Å². The lowest BCUT2D eigenvalue weighted by Crippen LogP contribution is -2.47. The summed E-state index contributed by atoms with van der Waals surface area (Å²) in [5.41, 5.74) is 2.38. The molecule has 3 aliphatic rings. The number of rotatable bonds is 3. The van der Waals surface area contributed by atoms with Crippen molar-refractivity contribution in [3.8, 4) is 5.75 Å². The first-order valence-corrected chi connectivity index (χ1v) is 8.97. The minimum Gasteiger partial charge on any atom is -0.493 e. The molecule has 2 atom stereocenters. The van der Waals surface area contributed by atoms with Crippen LogP contribution >= 0.6 is 0 Å². The molecule has 2 fully saturated rings. The zero-order chi connectivity index (χ0) is 15.8. The third-order valence-corrected chi connectivity index (χ3v) is 5.75. The Hall–Kier alpha value is -1.55. The number of likely N-dealkylation sites (N-methyl/N-ethyl adjacent to an activating group) is 1. The first-order chi connectivity index (χ1) is 11.2. The molecule has 4 heteroatoms. The number of amides is 1. The van der Waals surface area contributed by atoms with Crippen molar-refractivity contribution in [2.24, 2.45) is 0 Å². The van der Waals surface area contributed by atoms with Crippen molar-refractivity contribution in [1.82, 2.24) is 9.80 Å². The molecule has 4 nitrogen and oxygen atoms in total. The van der Waals surface area contributed by atoms with Crippen molar-refractivity contribution < 1.29 is 9.53 Å². The molecule has 2 saturated heterocycles. The summed E-state index contributed by atoms with van der Waals surface area (Å²) in [6, 6.07) is 7.22. The van der Waals surface area contributed by atoms with Gasteiger partial charge in [0.15, 0.2) is 0 Å². The Balaban J connectivity index is 1.45. The fraction of sp³-hybridized carbons (Fsp3) is 0.632. The molecule has 23 heavy (non-hydrogen) atoms. The average molecular weight is 314 g/mol. The Bertz CT molecular complexity index is 601. The molecule has 0 aromatic heterocycles. The number of hydrogen-bond donors (Lipinski definition) is 0. The Labute approximate surface area is 138 Å². The molecule has 3 heterocycles. The average Bonchev–Trinajstić information content (AvgIpc) is 3.25. The summed E-state index contributed by atoms with van der Waals surface area (Å²) in [4.78, 5) is 17.5. The van der Waals surface area contributed by atoms with Crippen LogP contribution in [0.25, 0.3) is 0 Å². The highest BCUT2D eigenvalue weighted by Crippen LogP contribution is 2.30.